The van der Waals surface area contributed by atoms with Gasteiger partial charge in [0.1, 0.15) is 0 Å². The van der Waals surface area contributed by atoms with Crippen LogP contribution in [0.2, 0.25) is 0 Å². The zero-order chi connectivity index (χ0) is 15.4. The molecule has 2 heterocycles. The van der Waals surface area contributed by atoms with Crippen LogP contribution in [0.15, 0.2) is 55.9 Å². The van der Waals surface area contributed by atoms with Crippen LogP contribution in [0.3, 0.4) is 0 Å². The van der Waals surface area contributed by atoms with Gasteiger partial charge in [-0.3, -0.25) is 4.79 Å². The van der Waals surface area contributed by atoms with E-state index >= 15 is 0 Å². The topological polar surface area (TPSA) is 68.0 Å². The van der Waals surface area contributed by atoms with Gasteiger partial charge in [0.25, 0.3) is 11.1 Å². The number of hydrogen-bond acceptors (Lipinski definition) is 6. The number of carbonyl (C=O) groups is 1. The average Bonchev–Trinajstić information content (AvgIpc) is 3.18. The fourth-order valence-electron chi connectivity index (χ4n) is 1.63. The molecule has 0 fully saturated rings. The second kappa shape index (κ2) is 7.08. The molecule has 0 atom stereocenters. The van der Waals surface area contributed by atoms with E-state index in [9.17, 15) is 4.79 Å². The highest BCUT2D eigenvalue weighted by atomic mass is 79.9. The van der Waals surface area contributed by atoms with Crippen molar-refractivity contribution in [2.75, 3.05) is 11.1 Å². The molecule has 2 aromatic heterocycles. The number of benzene rings is 1. The normalized spacial score (nSPS) is 10.6. The number of halogens is 1. The summed E-state index contributed by atoms with van der Waals surface area (Å²) in [5.41, 5.74) is 0.749. The highest BCUT2D eigenvalue weighted by molar-refractivity contribution is 9.10. The summed E-state index contributed by atoms with van der Waals surface area (Å²) < 4.78 is 6.47. The molecule has 1 amide bonds. The number of nitrogens with zero attached hydrogens (tertiary/aromatic N) is 2. The van der Waals surface area contributed by atoms with Crippen LogP contribution in [0.25, 0.3) is 10.8 Å². The van der Waals surface area contributed by atoms with Gasteiger partial charge in [-0.1, -0.05) is 33.8 Å². The molecule has 5 nitrogen and oxygen atoms in total. The first-order valence-electron chi connectivity index (χ1n) is 6.26. The molecule has 0 aliphatic heterocycles. The van der Waals surface area contributed by atoms with Crippen LogP contribution in [0.5, 0.6) is 0 Å². The molecule has 0 unspecified atom stereocenters. The van der Waals surface area contributed by atoms with Crippen LogP contribution in [-0.2, 0) is 4.79 Å². The van der Waals surface area contributed by atoms with Gasteiger partial charge in [0.15, 0.2) is 0 Å². The first-order chi connectivity index (χ1) is 10.7. The Kier molecular flexibility index (Phi) is 4.91. The van der Waals surface area contributed by atoms with Crippen molar-refractivity contribution in [2.45, 2.75) is 5.22 Å². The van der Waals surface area contributed by atoms with Crippen molar-refractivity contribution in [3.63, 3.8) is 0 Å². The standard InChI is InChI=1S/C14H10BrN3O2S2/c15-9-3-5-10(6-4-9)16-12(19)8-22-14-18-17-13(20-14)11-2-1-7-21-11/h1-7H,8H2,(H,16,19). The molecule has 0 aliphatic rings. The minimum absolute atomic E-state index is 0.122. The molecule has 0 radical (unpaired) electrons. The molecular formula is C14H10BrN3O2S2. The molecule has 1 N–H and O–H groups in total. The maximum atomic E-state index is 11.9. The molecule has 0 saturated carbocycles. The van der Waals surface area contributed by atoms with Gasteiger partial charge in [-0.05, 0) is 35.7 Å². The summed E-state index contributed by atoms with van der Waals surface area (Å²) in [7, 11) is 0. The van der Waals surface area contributed by atoms with E-state index in [1.165, 1.54) is 23.1 Å². The van der Waals surface area contributed by atoms with Crippen molar-refractivity contribution in [3.05, 3.63) is 46.3 Å². The second-order valence-corrected chi connectivity index (χ2v) is 6.98. The molecule has 0 aliphatic carbocycles. The first-order valence-corrected chi connectivity index (χ1v) is 8.92. The van der Waals surface area contributed by atoms with Crippen molar-refractivity contribution in [1.82, 2.24) is 10.2 Å². The quantitative estimate of drug-likeness (QED) is 0.652. The van der Waals surface area contributed by atoms with Crippen molar-refractivity contribution in [1.29, 1.82) is 0 Å². The molecule has 8 heteroatoms. The van der Waals surface area contributed by atoms with Gasteiger partial charge in [-0.15, -0.1) is 21.5 Å². The molecule has 0 spiro atoms. The Hall–Kier alpha value is -1.64. The van der Waals surface area contributed by atoms with Crippen molar-refractivity contribution in [3.8, 4) is 10.8 Å². The predicted molar refractivity (Wildman–Crippen MR) is 91.1 cm³/mol. The SMILES string of the molecule is O=C(CSc1nnc(-c2cccs2)o1)Nc1ccc(Br)cc1. The Balaban J connectivity index is 1.54. The van der Waals surface area contributed by atoms with E-state index in [4.69, 9.17) is 4.42 Å². The summed E-state index contributed by atoms with van der Waals surface area (Å²) in [6.07, 6.45) is 0. The Bertz CT molecular complexity index is 757. The zero-order valence-electron chi connectivity index (χ0n) is 11.2. The van der Waals surface area contributed by atoms with Gasteiger partial charge in [0, 0.05) is 10.2 Å². The fourth-order valence-corrected chi connectivity index (χ4v) is 3.10. The number of carbonyl (C=O) groups excluding carboxylic acids is 1. The minimum atomic E-state index is -0.122. The highest BCUT2D eigenvalue weighted by Gasteiger charge is 2.11. The third-order valence-electron chi connectivity index (χ3n) is 2.59. The maximum absolute atomic E-state index is 11.9. The van der Waals surface area contributed by atoms with E-state index in [0.717, 1.165) is 15.0 Å². The number of aromatic nitrogens is 2. The smallest absolute Gasteiger partial charge is 0.277 e. The van der Waals surface area contributed by atoms with E-state index in [-0.39, 0.29) is 11.7 Å². The summed E-state index contributed by atoms with van der Waals surface area (Å²) in [5, 5.41) is 13.0. The zero-order valence-corrected chi connectivity index (χ0v) is 14.4. The van der Waals surface area contributed by atoms with Crippen LogP contribution >= 0.6 is 39.0 Å². The number of thioether (sulfide) groups is 1. The predicted octanol–water partition coefficient (Wildman–Crippen LogP) is 4.29. The minimum Gasteiger partial charge on any atom is -0.410 e. The van der Waals surface area contributed by atoms with E-state index in [2.05, 4.69) is 31.4 Å². The van der Waals surface area contributed by atoms with Gasteiger partial charge >= 0.3 is 0 Å². The van der Waals surface area contributed by atoms with Crippen molar-refractivity contribution in [2.24, 2.45) is 0 Å². The van der Waals surface area contributed by atoms with E-state index in [1.54, 1.807) is 0 Å². The maximum Gasteiger partial charge on any atom is 0.277 e. The molecule has 0 saturated heterocycles. The second-order valence-electron chi connectivity index (χ2n) is 4.19. The highest BCUT2D eigenvalue weighted by Crippen LogP contribution is 2.26. The van der Waals surface area contributed by atoms with Crippen LogP contribution in [0.1, 0.15) is 0 Å². The Morgan fingerprint density at radius 2 is 2.09 bits per heavy atom. The summed E-state index contributed by atoms with van der Waals surface area (Å²) in [4.78, 5) is 12.8. The number of rotatable bonds is 5. The molecule has 112 valence electrons. The monoisotopic (exact) mass is 395 g/mol. The van der Waals surface area contributed by atoms with Gasteiger partial charge in [0.2, 0.25) is 5.91 Å². The fraction of sp³-hybridized carbons (Fsp3) is 0.0714. The van der Waals surface area contributed by atoms with E-state index < -0.39 is 0 Å². The third kappa shape index (κ3) is 3.96. The summed E-state index contributed by atoms with van der Waals surface area (Å²) in [6.45, 7) is 0. The lowest BCUT2D eigenvalue weighted by atomic mass is 10.3. The van der Waals surface area contributed by atoms with E-state index in [1.807, 2.05) is 41.8 Å². The molecule has 22 heavy (non-hydrogen) atoms. The first kappa shape index (κ1) is 15.3. The van der Waals surface area contributed by atoms with E-state index in [0.29, 0.717) is 11.1 Å². The van der Waals surface area contributed by atoms with Gasteiger partial charge < -0.3 is 9.73 Å². The molecular weight excluding hydrogens is 386 g/mol. The Morgan fingerprint density at radius 3 is 2.82 bits per heavy atom. The van der Waals surface area contributed by atoms with Crippen LogP contribution in [-0.4, -0.2) is 21.9 Å². The van der Waals surface area contributed by atoms with Gasteiger partial charge in [0.05, 0.1) is 10.6 Å². The summed E-state index contributed by atoms with van der Waals surface area (Å²) >= 11 is 6.09. The van der Waals surface area contributed by atoms with Crippen molar-refractivity contribution < 1.29 is 9.21 Å². The summed E-state index contributed by atoms with van der Waals surface area (Å²) in [5.74, 6) is 0.566. The number of nitrogens with one attached hydrogen (secondary N) is 1. The average molecular weight is 396 g/mol. The number of amides is 1. The molecule has 1 aromatic carbocycles. The largest absolute Gasteiger partial charge is 0.410 e. The number of hydrogen-bond donors (Lipinski definition) is 1. The van der Waals surface area contributed by atoms with Gasteiger partial charge in [-0.25, -0.2) is 0 Å². The van der Waals surface area contributed by atoms with Crippen LogP contribution < -0.4 is 5.32 Å². The van der Waals surface area contributed by atoms with Crippen LogP contribution in [0, 0.1) is 0 Å². The van der Waals surface area contributed by atoms with Gasteiger partial charge in [-0.2, -0.15) is 0 Å². The molecule has 3 aromatic rings. The molecule has 0 bridgehead atoms. The third-order valence-corrected chi connectivity index (χ3v) is 4.80. The summed E-state index contributed by atoms with van der Waals surface area (Å²) in [6, 6.07) is 11.2. The molecule has 3 rings (SSSR count). The number of anilines is 1. The Labute approximate surface area is 143 Å². The van der Waals surface area contributed by atoms with Crippen molar-refractivity contribution >= 4 is 50.6 Å². The lowest BCUT2D eigenvalue weighted by Crippen LogP contribution is -2.13. The number of thiophene rings is 1. The lowest BCUT2D eigenvalue weighted by Gasteiger charge is -2.03. The van der Waals surface area contributed by atoms with Crippen LogP contribution in [0.4, 0.5) is 5.69 Å². The Morgan fingerprint density at radius 1 is 1.27 bits per heavy atom. The lowest BCUT2D eigenvalue weighted by molar-refractivity contribution is -0.113.